The second-order valence-corrected chi connectivity index (χ2v) is 8.86. The van der Waals surface area contributed by atoms with E-state index in [0.29, 0.717) is 10.5 Å². The molecule has 0 radical (unpaired) electrons. The van der Waals surface area contributed by atoms with E-state index in [1.165, 1.54) is 22.8 Å². The summed E-state index contributed by atoms with van der Waals surface area (Å²) in [6.07, 6.45) is 7.46. The molecule has 15 heavy (non-hydrogen) atoms. The van der Waals surface area contributed by atoms with E-state index in [1.807, 2.05) is 10.8 Å². The lowest BCUT2D eigenvalue weighted by Crippen LogP contribution is -2.35. The van der Waals surface area contributed by atoms with Crippen LogP contribution in [0.15, 0.2) is 12.2 Å². The number of rotatable bonds is 3. The Morgan fingerprint density at radius 2 is 1.93 bits per heavy atom. The maximum Gasteiger partial charge on any atom is 0.0361 e. The summed E-state index contributed by atoms with van der Waals surface area (Å²) in [5, 5.41) is 1.28. The third kappa shape index (κ3) is 1.69. The van der Waals surface area contributed by atoms with Crippen LogP contribution in [-0.2, 0) is 0 Å². The average molecular weight is 299 g/mol. The molecule has 84 valence electrons. The van der Waals surface area contributed by atoms with E-state index in [1.54, 1.807) is 11.0 Å². The van der Waals surface area contributed by atoms with Crippen LogP contribution in [0.1, 0.15) is 12.8 Å². The minimum absolute atomic E-state index is 0.620. The molecule has 5 heteroatoms. The Kier molecular flexibility index (Phi) is 3.49. The number of halogens is 2. The fraction of sp³-hybridized carbons (Fsp3) is 0.800. The van der Waals surface area contributed by atoms with Gasteiger partial charge in [0.15, 0.2) is 0 Å². The highest BCUT2D eigenvalue weighted by Crippen LogP contribution is 2.64. The molecule has 0 saturated heterocycles. The molecular weight excluding hydrogens is 287 g/mol. The molecule has 0 aromatic rings. The van der Waals surface area contributed by atoms with E-state index < -0.39 is 0 Å². The van der Waals surface area contributed by atoms with Crippen LogP contribution in [0.2, 0.25) is 0 Å². The van der Waals surface area contributed by atoms with Gasteiger partial charge in [-0.25, -0.2) is 0 Å². The molecule has 0 spiro atoms. The third-order valence-electron chi connectivity index (χ3n) is 4.27. The molecule has 6 atom stereocenters. The van der Waals surface area contributed by atoms with Gasteiger partial charge in [0, 0.05) is 20.5 Å². The Morgan fingerprint density at radius 3 is 2.67 bits per heavy atom. The number of hydrogen-bond acceptors (Lipinski definition) is 3. The van der Waals surface area contributed by atoms with Gasteiger partial charge in [0.1, 0.15) is 0 Å². The molecule has 0 heterocycles. The van der Waals surface area contributed by atoms with Gasteiger partial charge in [-0.05, 0) is 57.9 Å². The second kappa shape index (κ2) is 4.56. The van der Waals surface area contributed by atoms with E-state index in [-0.39, 0.29) is 0 Å². The molecule has 2 bridgehead atoms. The zero-order valence-corrected chi connectivity index (χ0v) is 12.0. The highest BCUT2D eigenvalue weighted by Gasteiger charge is 2.58. The minimum Gasteiger partial charge on any atom is -0.0879 e. The van der Waals surface area contributed by atoms with Crippen LogP contribution in [0.5, 0.6) is 0 Å². The number of hydrogen-bond donors (Lipinski definition) is 0. The fourth-order valence-corrected chi connectivity index (χ4v) is 8.59. The lowest BCUT2D eigenvalue weighted by Gasteiger charge is -2.35. The molecule has 0 amide bonds. The molecule has 0 nitrogen and oxygen atoms in total. The van der Waals surface area contributed by atoms with Gasteiger partial charge in [-0.3, -0.25) is 0 Å². The smallest absolute Gasteiger partial charge is 0.0361 e. The van der Waals surface area contributed by atoms with Crippen LogP contribution >= 0.6 is 53.1 Å². The Labute approximate surface area is 112 Å². The molecule has 0 aromatic heterocycles. The molecule has 0 unspecified atom stereocenters. The van der Waals surface area contributed by atoms with Crippen molar-refractivity contribution < 1.29 is 0 Å². The summed E-state index contributed by atoms with van der Waals surface area (Å²) in [6, 6.07) is 0. The highest BCUT2D eigenvalue weighted by atomic mass is 35.7. The van der Waals surface area contributed by atoms with Gasteiger partial charge in [0.25, 0.3) is 0 Å². The summed E-state index contributed by atoms with van der Waals surface area (Å²) in [7, 11) is 16.6. The summed E-state index contributed by atoms with van der Waals surface area (Å²) >= 11 is 0. The van der Waals surface area contributed by atoms with Gasteiger partial charge in [-0.1, -0.05) is 33.9 Å². The summed E-state index contributed by atoms with van der Waals surface area (Å²) in [5.41, 5.74) is 0. The van der Waals surface area contributed by atoms with Crippen LogP contribution in [-0.4, -0.2) is 10.5 Å². The maximum atomic E-state index is 6.05. The normalized spacial score (nSPS) is 51.3. The zero-order valence-electron chi connectivity index (χ0n) is 8.01. The van der Waals surface area contributed by atoms with Crippen LogP contribution in [0.3, 0.4) is 0 Å². The predicted octanol–water partition coefficient (Wildman–Crippen LogP) is 4.99. The van der Waals surface area contributed by atoms with Gasteiger partial charge >= 0.3 is 0 Å². The Morgan fingerprint density at radius 1 is 1.07 bits per heavy atom. The van der Waals surface area contributed by atoms with Crippen molar-refractivity contribution in [3.63, 3.8) is 0 Å². The van der Waals surface area contributed by atoms with Gasteiger partial charge in [0.2, 0.25) is 0 Å². The number of fused-ring (bicyclic) bond motifs is 5. The van der Waals surface area contributed by atoms with Crippen molar-refractivity contribution in [3.8, 4) is 0 Å². The van der Waals surface area contributed by atoms with Crippen molar-refractivity contribution >= 4 is 53.1 Å². The maximum absolute atomic E-state index is 6.05. The second-order valence-electron chi connectivity index (χ2n) is 4.65. The first-order valence-electron chi connectivity index (χ1n) is 5.25. The predicted molar refractivity (Wildman–Crippen MR) is 74.4 cm³/mol. The minimum atomic E-state index is 0.620. The Bertz CT molecular complexity index is 284. The molecule has 0 N–H and O–H groups in total. The van der Waals surface area contributed by atoms with Crippen LogP contribution in [0.25, 0.3) is 0 Å². The first-order chi connectivity index (χ1) is 7.36. The molecule has 2 fully saturated rings. The van der Waals surface area contributed by atoms with Crippen molar-refractivity contribution in [2.24, 2.45) is 23.7 Å². The molecule has 3 aliphatic rings. The van der Waals surface area contributed by atoms with Crippen LogP contribution in [0.4, 0.5) is 0 Å². The van der Waals surface area contributed by atoms with Crippen LogP contribution in [0, 0.1) is 23.7 Å². The number of allylic oxidation sites excluding steroid dienone is 2. The molecular formula is C10H12Cl2S3. The average Bonchev–Trinajstić information content (AvgIpc) is 2.87. The Balaban J connectivity index is 1.83. The van der Waals surface area contributed by atoms with Crippen molar-refractivity contribution in [1.29, 1.82) is 0 Å². The first kappa shape index (κ1) is 11.5. The van der Waals surface area contributed by atoms with Crippen LogP contribution < -0.4 is 0 Å². The lowest BCUT2D eigenvalue weighted by atomic mass is 9.81. The van der Waals surface area contributed by atoms with Gasteiger partial charge in [-0.15, -0.1) is 0 Å². The van der Waals surface area contributed by atoms with Gasteiger partial charge in [0.05, 0.1) is 0 Å². The molecule has 3 aliphatic carbocycles. The molecule has 0 aliphatic heterocycles. The third-order valence-corrected chi connectivity index (χ3v) is 8.38. The van der Waals surface area contributed by atoms with Crippen molar-refractivity contribution in [2.75, 3.05) is 0 Å². The Hall–Kier alpha value is 1.37. The van der Waals surface area contributed by atoms with E-state index in [9.17, 15) is 0 Å². The van der Waals surface area contributed by atoms with Crippen molar-refractivity contribution in [1.82, 2.24) is 0 Å². The van der Waals surface area contributed by atoms with E-state index in [2.05, 4.69) is 12.2 Å². The SMILES string of the molecule is ClSS[C@@H]1[C@@H]2C[C@@H]([C@@H]3CC=C[C@@H]32)[C@@H]1SCl. The molecule has 3 rings (SSSR count). The van der Waals surface area contributed by atoms with E-state index in [0.717, 1.165) is 23.7 Å². The summed E-state index contributed by atoms with van der Waals surface area (Å²) < 4.78 is 0. The quantitative estimate of drug-likeness (QED) is 0.532. The zero-order chi connectivity index (χ0) is 10.4. The largest absolute Gasteiger partial charge is 0.0879 e. The fourth-order valence-electron chi connectivity index (χ4n) is 3.76. The van der Waals surface area contributed by atoms with Gasteiger partial charge in [-0.2, -0.15) is 0 Å². The van der Waals surface area contributed by atoms with Crippen molar-refractivity contribution in [2.45, 2.75) is 23.3 Å². The highest BCUT2D eigenvalue weighted by molar-refractivity contribution is 8.85. The van der Waals surface area contributed by atoms with Gasteiger partial charge < -0.3 is 0 Å². The van der Waals surface area contributed by atoms with E-state index >= 15 is 0 Å². The lowest BCUT2D eigenvalue weighted by molar-refractivity contribution is 0.300. The summed E-state index contributed by atoms with van der Waals surface area (Å²) in [4.78, 5) is 0. The standard InChI is InChI=1S/C10H12Cl2S3/c11-13-9-7-4-8(10(9)14-15-12)6-3-1-2-5(6)7/h1,3,5-10H,2,4H2/t5-,6+,7+,8-,9+,10-/m1/s1. The summed E-state index contributed by atoms with van der Waals surface area (Å²) in [5.74, 6) is 3.38. The molecule has 2 saturated carbocycles. The summed E-state index contributed by atoms with van der Waals surface area (Å²) in [6.45, 7) is 0. The van der Waals surface area contributed by atoms with Crippen molar-refractivity contribution in [3.05, 3.63) is 12.2 Å². The monoisotopic (exact) mass is 298 g/mol. The van der Waals surface area contributed by atoms with E-state index in [4.69, 9.17) is 21.4 Å². The first-order valence-corrected chi connectivity index (χ1v) is 9.99. The molecule has 0 aromatic carbocycles. The topological polar surface area (TPSA) is 0 Å².